The van der Waals surface area contributed by atoms with Crippen LogP contribution in [0.15, 0.2) is 102 Å². The molecule has 0 spiro atoms. The fraction of sp³-hybridized carbons (Fsp3) is 0.327. The molecule has 0 saturated heterocycles. The van der Waals surface area contributed by atoms with Crippen molar-refractivity contribution in [1.82, 2.24) is 16.0 Å². The molecule has 0 atom stereocenters. The molecule has 6 rings (SSSR count). The van der Waals surface area contributed by atoms with E-state index in [-0.39, 0.29) is 109 Å². The normalized spacial score (nSPS) is 12.1. The molecule has 0 saturated carbocycles. The number of carbonyl (C=O) groups is 4. The van der Waals surface area contributed by atoms with Crippen LogP contribution >= 0.6 is 0 Å². The van der Waals surface area contributed by atoms with Gasteiger partial charge in [0.1, 0.15) is 6.29 Å². The van der Waals surface area contributed by atoms with Gasteiger partial charge in [-0.15, -0.1) is 48.0 Å². The van der Waals surface area contributed by atoms with Gasteiger partial charge in [-0.3, -0.25) is 19.2 Å². The first-order chi connectivity index (χ1) is 24.6. The number of aryl methyl sites for hydroxylation is 2. The molecule has 0 unspecified atom stereocenters. The average molecular weight is 1040 g/mol. The third-order valence-corrected chi connectivity index (χ3v) is 8.54. The minimum absolute atomic E-state index is 0. The van der Waals surface area contributed by atoms with Gasteiger partial charge in [0, 0.05) is 80.5 Å². The van der Waals surface area contributed by atoms with Crippen LogP contribution < -0.4 is 16.0 Å². The number of benzene rings is 3. The quantitative estimate of drug-likeness (QED) is 0.154. The Hall–Kier alpha value is -3.90. The minimum Gasteiger partial charge on any atom is -0.356 e. The molecule has 0 aliphatic heterocycles. The van der Waals surface area contributed by atoms with Crippen LogP contribution in [0.25, 0.3) is 12.2 Å². The zero-order valence-electron chi connectivity index (χ0n) is 31.4. The molecule has 3 N–H and O–H groups in total. The Labute approximate surface area is 392 Å². The average Bonchev–Trinajstić information content (AvgIpc) is 3.08. The number of allylic oxidation sites excluding steroid dienone is 8. The molecule has 58 heavy (non-hydrogen) atoms. The van der Waals surface area contributed by atoms with Crippen LogP contribution in [0.5, 0.6) is 0 Å². The summed E-state index contributed by atoms with van der Waals surface area (Å²) in [6, 6.07) is 19.7. The summed E-state index contributed by atoms with van der Waals surface area (Å²) in [6.45, 7) is 7.84. The van der Waals surface area contributed by atoms with Crippen LogP contribution in [-0.4, -0.2) is 45.2 Å². The summed E-state index contributed by atoms with van der Waals surface area (Å²) in [5.41, 5.74) is 11.0. The summed E-state index contributed by atoms with van der Waals surface area (Å²) < 4.78 is 0. The van der Waals surface area contributed by atoms with Crippen molar-refractivity contribution in [3.63, 3.8) is 0 Å². The first-order valence-corrected chi connectivity index (χ1v) is 17.2. The van der Waals surface area contributed by atoms with E-state index < -0.39 is 0 Å². The number of nitrogens with one attached hydrogen (secondary N) is 3. The Morgan fingerprint density at radius 2 is 1.02 bits per heavy atom. The number of aldehydes is 1. The number of hydrogen-bond acceptors (Lipinski definition) is 4. The van der Waals surface area contributed by atoms with Crippen LogP contribution in [0.3, 0.4) is 0 Å². The van der Waals surface area contributed by atoms with Crippen molar-refractivity contribution >= 4 is 36.2 Å². The van der Waals surface area contributed by atoms with E-state index in [0.29, 0.717) is 16.7 Å². The molecule has 9 heteroatoms. The fourth-order valence-electron chi connectivity index (χ4n) is 4.67. The maximum atomic E-state index is 11.5. The molecule has 0 aromatic heterocycles. The molecular formula is C49H69N3O4WY-2. The van der Waals surface area contributed by atoms with Gasteiger partial charge in [-0.1, -0.05) is 97.7 Å². The van der Waals surface area contributed by atoms with Crippen molar-refractivity contribution in [2.24, 2.45) is 0 Å². The van der Waals surface area contributed by atoms with E-state index >= 15 is 0 Å². The van der Waals surface area contributed by atoms with Crippen LogP contribution in [0, 0.1) is 26.8 Å². The number of amides is 3. The Kier molecular flexibility index (Phi) is 37.1. The standard InChI is InChI=1S/C15H17NO.C14H14NO.C10H12NO.C5H6O.5CH4.W.Y/c1-11-6-8-14(15(17)16-2)10-13(11)9-7-12-4-3-5-12;1-15-14(16)13-7-3-6-12(10-13)9-8-11-4-2-5-11;1-7-4-5-9(6-8(7)2)10(12)11-3;6-4-5-2-1-3-5;;;;;;;/h4,6-10H,3,5H2,1-2H3,(H,16,17);3-4,7-10H,2,5H2,1H3,(H,15,16);4-6H,2H2,1,3H3,(H,11,12);2,4H,1,3H2;5*1H4;;/q;2*-1;;;;;;;;/b9-7+;9-8+;;;;;;;;;. The van der Waals surface area contributed by atoms with E-state index in [4.69, 9.17) is 0 Å². The van der Waals surface area contributed by atoms with E-state index in [1.807, 2.05) is 49.4 Å². The molecule has 7 nitrogen and oxygen atoms in total. The van der Waals surface area contributed by atoms with Crippen molar-refractivity contribution < 1.29 is 73.0 Å². The molecule has 3 aromatic rings. The molecule has 3 aromatic carbocycles. The van der Waals surface area contributed by atoms with Gasteiger partial charge in [-0.25, -0.2) is 0 Å². The molecule has 0 bridgehead atoms. The van der Waals surface area contributed by atoms with Crippen LogP contribution in [0.1, 0.15) is 135 Å². The smallest absolute Gasteiger partial charge is 0.251 e. The molecule has 3 aliphatic rings. The maximum Gasteiger partial charge on any atom is 0.251 e. The monoisotopic (exact) mass is 1040 g/mol. The van der Waals surface area contributed by atoms with E-state index in [9.17, 15) is 19.2 Å². The van der Waals surface area contributed by atoms with Crippen LogP contribution in [0.4, 0.5) is 0 Å². The molecule has 0 fully saturated rings. The topological polar surface area (TPSA) is 104 Å². The summed E-state index contributed by atoms with van der Waals surface area (Å²) >= 11 is 0. The van der Waals surface area contributed by atoms with Gasteiger partial charge in [-0.05, 0) is 85.4 Å². The largest absolute Gasteiger partial charge is 0.356 e. The zero-order valence-corrected chi connectivity index (χ0v) is 37.2. The Morgan fingerprint density at radius 1 is 0.603 bits per heavy atom. The third-order valence-electron chi connectivity index (χ3n) is 8.54. The van der Waals surface area contributed by atoms with Crippen molar-refractivity contribution in [3.05, 3.63) is 159 Å². The predicted octanol–water partition coefficient (Wildman–Crippen LogP) is 11.3. The van der Waals surface area contributed by atoms with E-state index in [2.05, 4.69) is 66.2 Å². The van der Waals surface area contributed by atoms with E-state index in [1.54, 1.807) is 45.4 Å². The molecule has 3 aliphatic carbocycles. The first-order valence-electron chi connectivity index (χ1n) is 17.2. The van der Waals surface area contributed by atoms with Gasteiger partial charge >= 0.3 is 0 Å². The Morgan fingerprint density at radius 3 is 1.40 bits per heavy atom. The number of hydrogen-bond donors (Lipinski definition) is 3. The van der Waals surface area contributed by atoms with Gasteiger partial charge in [0.2, 0.25) is 11.8 Å². The Bertz CT molecular complexity index is 1880. The second-order valence-corrected chi connectivity index (χ2v) is 12.2. The SMILES string of the molecule is C.C.C.C.C.CNC(=O)c1cc[c-]c(/C=C/C2=CCC2)c1.CNC(=O)c1ccc(C)c(/C=C/C2=CCC2)c1.O=CC1=CCC1.[CH2-]c1cc(C(=O)NC)ccc1C.[W].[Y]. The van der Waals surface area contributed by atoms with Crippen LogP contribution in [-0.2, 0) is 58.6 Å². The summed E-state index contributed by atoms with van der Waals surface area (Å²) in [6.07, 6.45) is 22.4. The summed E-state index contributed by atoms with van der Waals surface area (Å²) in [4.78, 5) is 43.8. The van der Waals surface area contributed by atoms with Gasteiger partial charge in [0.25, 0.3) is 5.91 Å². The molecule has 315 valence electrons. The van der Waals surface area contributed by atoms with Gasteiger partial charge in [-0.2, -0.15) is 24.1 Å². The summed E-state index contributed by atoms with van der Waals surface area (Å²) in [7, 11) is 4.90. The fourth-order valence-corrected chi connectivity index (χ4v) is 4.67. The second-order valence-electron chi connectivity index (χ2n) is 12.2. The molecule has 0 heterocycles. The number of rotatable bonds is 8. The van der Waals surface area contributed by atoms with Crippen molar-refractivity contribution in [2.45, 2.75) is 89.5 Å². The van der Waals surface area contributed by atoms with Crippen molar-refractivity contribution in [2.75, 3.05) is 21.1 Å². The molecule has 1 radical (unpaired) electrons. The van der Waals surface area contributed by atoms with Crippen molar-refractivity contribution in [1.29, 1.82) is 0 Å². The van der Waals surface area contributed by atoms with Crippen molar-refractivity contribution in [3.8, 4) is 0 Å². The van der Waals surface area contributed by atoms with Crippen LogP contribution in [0.2, 0.25) is 0 Å². The first kappa shape index (κ1) is 63.3. The summed E-state index contributed by atoms with van der Waals surface area (Å²) in [5, 5.41) is 7.81. The van der Waals surface area contributed by atoms with Gasteiger partial charge in [0.15, 0.2) is 0 Å². The Balaban J connectivity index is -0.000000216. The third kappa shape index (κ3) is 21.2. The summed E-state index contributed by atoms with van der Waals surface area (Å²) in [5.74, 6) is -0.172. The second kappa shape index (κ2) is 34.0. The van der Waals surface area contributed by atoms with E-state index in [0.717, 1.165) is 53.4 Å². The predicted molar refractivity (Wildman–Crippen MR) is 242 cm³/mol. The number of carbonyl (C=O) groups excluding carboxylic acids is 4. The molecule has 3 amide bonds. The minimum atomic E-state index is -0.0695. The van der Waals surface area contributed by atoms with Gasteiger partial charge < -0.3 is 16.0 Å². The van der Waals surface area contributed by atoms with E-state index in [1.165, 1.54) is 36.0 Å². The van der Waals surface area contributed by atoms with Gasteiger partial charge in [0.05, 0.1) is 0 Å². The zero-order chi connectivity index (χ0) is 37.2. The maximum absolute atomic E-state index is 11.5. The molecular weight excluding hydrogens is 967 g/mol.